The Hall–Kier alpha value is -8.20. The summed E-state index contributed by atoms with van der Waals surface area (Å²) in [5.74, 6) is 0. The molecule has 12 rings (SSSR count). The molecule has 0 N–H and O–H groups in total. The third kappa shape index (κ3) is 5.95. The van der Waals surface area contributed by atoms with E-state index in [-0.39, 0.29) is 0 Å². The van der Waals surface area contributed by atoms with Gasteiger partial charge in [-0.05, 0) is 122 Å². The van der Waals surface area contributed by atoms with Crippen LogP contribution in [-0.2, 0) is 5.41 Å². The highest BCUT2D eigenvalue weighted by Crippen LogP contribution is 2.56. The number of rotatable bonds is 8. The summed E-state index contributed by atoms with van der Waals surface area (Å²) in [5, 5.41) is 2.49. The summed E-state index contributed by atoms with van der Waals surface area (Å²) in [6, 6.07) is 93.2. The molecule has 1 heterocycles. The highest BCUT2D eigenvalue weighted by Gasteiger charge is 2.46. The van der Waals surface area contributed by atoms with Crippen molar-refractivity contribution in [1.29, 1.82) is 0 Å². The first-order valence-corrected chi connectivity index (χ1v) is 21.8. The van der Waals surface area contributed by atoms with Crippen LogP contribution in [0.4, 0.5) is 17.1 Å². The van der Waals surface area contributed by atoms with Gasteiger partial charge >= 0.3 is 0 Å². The van der Waals surface area contributed by atoms with Crippen LogP contribution in [0.25, 0.3) is 60.9 Å². The maximum Gasteiger partial charge on any atom is 0.0714 e. The molecule has 0 spiro atoms. The number of benzene rings is 10. The molecule has 2 heteroatoms. The highest BCUT2D eigenvalue weighted by molar-refractivity contribution is 6.10. The van der Waals surface area contributed by atoms with Crippen LogP contribution >= 0.6 is 0 Å². The number of anilines is 3. The SMILES string of the molecule is c1ccc(-c2cccc(N(c3ccc(-c4ccc5c(c4)c4ccccc4n5-c4ccccc4)cc3)c3cccc(C4(c5ccccc5)c5ccccc5-c5ccccc54)c3)c2)cc1. The van der Waals surface area contributed by atoms with Crippen LogP contribution in [-0.4, -0.2) is 4.57 Å². The minimum Gasteiger partial charge on any atom is -0.310 e. The Balaban J connectivity index is 1.02. The Labute approximate surface area is 368 Å². The van der Waals surface area contributed by atoms with Gasteiger partial charge in [0, 0.05) is 33.5 Å². The van der Waals surface area contributed by atoms with Gasteiger partial charge in [-0.1, -0.05) is 188 Å². The molecule has 0 fully saturated rings. The maximum atomic E-state index is 2.42. The summed E-state index contributed by atoms with van der Waals surface area (Å²) < 4.78 is 2.37. The fourth-order valence-corrected chi connectivity index (χ4v) is 10.3. The van der Waals surface area contributed by atoms with Gasteiger partial charge in [-0.25, -0.2) is 0 Å². The lowest BCUT2D eigenvalue weighted by Gasteiger charge is -2.35. The number of aromatic nitrogens is 1. The normalized spacial score (nSPS) is 12.6. The lowest BCUT2D eigenvalue weighted by Crippen LogP contribution is -2.28. The van der Waals surface area contributed by atoms with E-state index < -0.39 is 5.41 Å². The molecule has 0 saturated heterocycles. The summed E-state index contributed by atoms with van der Waals surface area (Å²) in [6.07, 6.45) is 0. The van der Waals surface area contributed by atoms with Crippen LogP contribution in [0.2, 0.25) is 0 Å². The fourth-order valence-electron chi connectivity index (χ4n) is 10.3. The smallest absolute Gasteiger partial charge is 0.0714 e. The third-order valence-electron chi connectivity index (χ3n) is 13.1. The van der Waals surface area contributed by atoms with Gasteiger partial charge in [-0.15, -0.1) is 0 Å². The average Bonchev–Trinajstić information content (AvgIpc) is 3.86. The van der Waals surface area contributed by atoms with E-state index in [9.17, 15) is 0 Å². The first-order valence-electron chi connectivity index (χ1n) is 21.8. The average molecular weight is 803 g/mol. The van der Waals surface area contributed by atoms with E-state index >= 15 is 0 Å². The number of fused-ring (bicyclic) bond motifs is 6. The first kappa shape index (κ1) is 36.6. The van der Waals surface area contributed by atoms with Gasteiger partial charge < -0.3 is 9.47 Å². The van der Waals surface area contributed by atoms with Crippen molar-refractivity contribution >= 4 is 38.9 Å². The zero-order chi connectivity index (χ0) is 41.7. The van der Waals surface area contributed by atoms with Crippen molar-refractivity contribution in [2.45, 2.75) is 5.41 Å². The van der Waals surface area contributed by atoms with Crippen molar-refractivity contribution in [1.82, 2.24) is 4.57 Å². The molecule has 1 aromatic heterocycles. The molecule has 2 nitrogen and oxygen atoms in total. The molecular weight excluding hydrogens is 761 g/mol. The highest BCUT2D eigenvalue weighted by atomic mass is 15.1. The molecule has 0 bridgehead atoms. The summed E-state index contributed by atoms with van der Waals surface area (Å²) in [6.45, 7) is 0. The number of hydrogen-bond acceptors (Lipinski definition) is 1. The Kier molecular flexibility index (Phi) is 8.76. The predicted octanol–water partition coefficient (Wildman–Crippen LogP) is 16.0. The molecule has 0 amide bonds. The molecule has 1 aliphatic rings. The van der Waals surface area contributed by atoms with Gasteiger partial charge in [-0.2, -0.15) is 0 Å². The van der Waals surface area contributed by atoms with Gasteiger partial charge in [0.2, 0.25) is 0 Å². The number of nitrogens with zero attached hydrogens (tertiary/aromatic N) is 2. The first-order chi connectivity index (χ1) is 31.3. The lowest BCUT2D eigenvalue weighted by molar-refractivity contribution is 0.768. The van der Waals surface area contributed by atoms with E-state index in [1.165, 1.54) is 77.4 Å². The maximum absolute atomic E-state index is 2.42. The van der Waals surface area contributed by atoms with Crippen LogP contribution in [0.15, 0.2) is 255 Å². The molecular formula is C61H42N2. The molecule has 11 aromatic rings. The van der Waals surface area contributed by atoms with Crippen LogP contribution in [0.1, 0.15) is 22.3 Å². The Morgan fingerprint density at radius 2 is 0.810 bits per heavy atom. The number of hydrogen-bond donors (Lipinski definition) is 0. The summed E-state index contributed by atoms with van der Waals surface area (Å²) in [4.78, 5) is 2.42. The minimum absolute atomic E-state index is 0.506. The number of para-hydroxylation sites is 2. The zero-order valence-corrected chi connectivity index (χ0v) is 34.6. The Morgan fingerprint density at radius 3 is 1.54 bits per heavy atom. The molecule has 0 radical (unpaired) electrons. The van der Waals surface area contributed by atoms with Gasteiger partial charge in [0.1, 0.15) is 0 Å². The largest absolute Gasteiger partial charge is 0.310 e. The van der Waals surface area contributed by atoms with Crippen LogP contribution < -0.4 is 4.90 Å². The van der Waals surface area contributed by atoms with Gasteiger partial charge in [0.05, 0.1) is 16.4 Å². The molecule has 1 aliphatic carbocycles. The van der Waals surface area contributed by atoms with Crippen molar-refractivity contribution < 1.29 is 0 Å². The molecule has 0 atom stereocenters. The van der Waals surface area contributed by atoms with Crippen molar-refractivity contribution in [3.8, 4) is 39.1 Å². The fraction of sp³-hybridized carbons (Fsp3) is 0.0164. The summed E-state index contributed by atoms with van der Waals surface area (Å²) in [5.41, 5.74) is 18.7. The van der Waals surface area contributed by atoms with E-state index in [1.807, 2.05) is 0 Å². The second-order valence-corrected chi connectivity index (χ2v) is 16.5. The third-order valence-corrected chi connectivity index (χ3v) is 13.1. The topological polar surface area (TPSA) is 8.17 Å². The quantitative estimate of drug-likeness (QED) is 0.149. The molecule has 63 heavy (non-hydrogen) atoms. The minimum atomic E-state index is -0.506. The standard InChI is InChI=1S/C61H42N2/c1-4-18-43(19-5-1)45-20-16-26-51(40-45)62(50-37-34-44(35-38-50)46-36-39-60-56(41-46)55-30-12-15-33-59(55)63(60)49-24-8-3-9-25-49)52-27-17-23-48(42-52)61(47-21-6-2-7-22-47)57-31-13-10-28-53(57)54-29-11-14-32-58(54)61/h1-42H. The summed E-state index contributed by atoms with van der Waals surface area (Å²) in [7, 11) is 0. The molecule has 0 unspecified atom stereocenters. The Morgan fingerprint density at radius 1 is 0.302 bits per heavy atom. The van der Waals surface area contributed by atoms with Crippen LogP contribution in [0.3, 0.4) is 0 Å². The van der Waals surface area contributed by atoms with E-state index in [1.54, 1.807) is 0 Å². The second kappa shape index (κ2) is 15.1. The van der Waals surface area contributed by atoms with E-state index in [0.29, 0.717) is 0 Å². The second-order valence-electron chi connectivity index (χ2n) is 16.5. The Bertz CT molecular complexity index is 3390. The molecule has 0 saturated carbocycles. The lowest BCUT2D eigenvalue weighted by atomic mass is 9.67. The van der Waals surface area contributed by atoms with Crippen molar-refractivity contribution in [2.24, 2.45) is 0 Å². The predicted molar refractivity (Wildman–Crippen MR) is 264 cm³/mol. The van der Waals surface area contributed by atoms with Crippen LogP contribution in [0, 0.1) is 0 Å². The summed E-state index contributed by atoms with van der Waals surface area (Å²) >= 11 is 0. The van der Waals surface area contributed by atoms with Gasteiger partial charge in [0.15, 0.2) is 0 Å². The van der Waals surface area contributed by atoms with Crippen molar-refractivity contribution in [3.63, 3.8) is 0 Å². The van der Waals surface area contributed by atoms with Gasteiger partial charge in [0.25, 0.3) is 0 Å². The molecule has 296 valence electrons. The van der Waals surface area contributed by atoms with Crippen molar-refractivity contribution in [3.05, 3.63) is 277 Å². The molecule has 10 aromatic carbocycles. The van der Waals surface area contributed by atoms with E-state index in [4.69, 9.17) is 0 Å². The van der Waals surface area contributed by atoms with E-state index in [2.05, 4.69) is 264 Å². The molecule has 0 aliphatic heterocycles. The van der Waals surface area contributed by atoms with Crippen molar-refractivity contribution in [2.75, 3.05) is 4.90 Å². The van der Waals surface area contributed by atoms with Crippen LogP contribution in [0.5, 0.6) is 0 Å². The monoisotopic (exact) mass is 802 g/mol. The van der Waals surface area contributed by atoms with E-state index in [0.717, 1.165) is 22.7 Å². The van der Waals surface area contributed by atoms with Gasteiger partial charge in [-0.3, -0.25) is 0 Å². The zero-order valence-electron chi connectivity index (χ0n) is 34.6.